The Morgan fingerprint density at radius 2 is 1.06 bits per heavy atom. The van der Waals surface area contributed by atoms with Crippen molar-refractivity contribution in [3.63, 3.8) is 0 Å². The first-order valence-electron chi connectivity index (χ1n) is 30.8. The Morgan fingerprint density at radius 3 is 1.53 bits per heavy atom. The minimum Gasteiger partial charge on any atom is -0.391 e. The standard InChI is InChI=1S/C57H101N16O16P/c1-7-9-28-88-90(87,89-29-10-8-2)32-45(76)64-37(16-22-58)52(81)73-47(35(6)75)57(86)69-40(19-25-61)49(78)68-42-21-27-63-56(85)46(34(5)74)72-53(82)41(20-26-62)66-48(77)38(17-23-59)67-54(83)43(30-33(3)4)70-55(84)44(31-36-14-12-11-13-15-36)71-50(79)39(18-24-60)65-51(42)80/h11-15,33-35,37-44,46-47,74-75H,7-10,16-32,58-62H2,1-6H3,(H,63,85)(H,64,76)(H,65,80)(H,66,77)(H,67,83)(H,68,78)(H,69,86)(H,70,84)(H,71,79)(H,72,82)(H,73,81)/t34-,35?,37-,38-,39-,40-,41-,42-,43-,44+,46-,47-/m0/s1. The molecule has 1 heterocycles. The first-order valence-corrected chi connectivity index (χ1v) is 32.5. The minimum absolute atomic E-state index is 0.0310. The zero-order chi connectivity index (χ0) is 67.5. The highest BCUT2D eigenvalue weighted by atomic mass is 31.2. The van der Waals surface area contributed by atoms with E-state index in [1.54, 1.807) is 44.2 Å². The normalized spacial score (nSPS) is 22.1. The minimum atomic E-state index is -3.98. The molecule has 32 nitrogen and oxygen atoms in total. The van der Waals surface area contributed by atoms with Gasteiger partial charge in [0, 0.05) is 13.0 Å². The Hall–Kier alpha value is -6.74. The van der Waals surface area contributed by atoms with Crippen LogP contribution in [0.4, 0.5) is 0 Å². The Bertz CT molecular complexity index is 2500. The summed E-state index contributed by atoms with van der Waals surface area (Å²) in [5, 5.41) is 49.4. The molecule has 1 aromatic rings. The molecule has 11 amide bonds. The summed E-state index contributed by atoms with van der Waals surface area (Å²) in [6, 6.07) is -6.89. The van der Waals surface area contributed by atoms with Crippen LogP contribution < -0.4 is 87.2 Å². The second kappa shape index (κ2) is 42.3. The summed E-state index contributed by atoms with van der Waals surface area (Å²) in [4.78, 5) is 155. The van der Waals surface area contributed by atoms with Crippen molar-refractivity contribution in [2.45, 2.75) is 191 Å². The molecule has 0 spiro atoms. The monoisotopic (exact) mass is 1300 g/mol. The maximum atomic E-state index is 14.6. The van der Waals surface area contributed by atoms with Crippen LogP contribution in [0.15, 0.2) is 30.3 Å². The van der Waals surface area contributed by atoms with E-state index in [1.165, 1.54) is 6.92 Å². The summed E-state index contributed by atoms with van der Waals surface area (Å²) in [7, 11) is -3.98. The fourth-order valence-electron chi connectivity index (χ4n) is 9.11. The molecule has 1 saturated heterocycles. The molecule has 23 N–H and O–H groups in total. The molecule has 0 saturated carbocycles. The number of carbonyl (C=O) groups excluding carboxylic acids is 11. The highest BCUT2D eigenvalue weighted by Crippen LogP contribution is 2.48. The number of hydrogen-bond acceptors (Lipinski definition) is 21. The number of amides is 11. The van der Waals surface area contributed by atoms with Crippen molar-refractivity contribution in [2.75, 3.05) is 58.6 Å². The van der Waals surface area contributed by atoms with E-state index >= 15 is 0 Å². The van der Waals surface area contributed by atoms with Gasteiger partial charge in [-0.15, -0.1) is 0 Å². The van der Waals surface area contributed by atoms with Crippen LogP contribution >= 0.6 is 7.60 Å². The van der Waals surface area contributed by atoms with Crippen LogP contribution in [0.3, 0.4) is 0 Å². The topological polar surface area (TPSA) is 526 Å². The van der Waals surface area contributed by atoms with Crippen molar-refractivity contribution in [3.8, 4) is 0 Å². The molecule has 12 atom stereocenters. The predicted molar refractivity (Wildman–Crippen MR) is 332 cm³/mol. The molecule has 0 aromatic heterocycles. The first-order chi connectivity index (χ1) is 42.7. The van der Waals surface area contributed by atoms with Gasteiger partial charge in [-0.1, -0.05) is 70.9 Å². The molecular formula is C57H101N16O16P. The maximum Gasteiger partial charge on any atom is 0.340 e. The van der Waals surface area contributed by atoms with Crippen molar-refractivity contribution < 1.29 is 76.6 Å². The molecule has 1 aliphatic heterocycles. The maximum absolute atomic E-state index is 14.6. The first kappa shape index (κ1) is 79.4. The van der Waals surface area contributed by atoms with Gasteiger partial charge in [0.1, 0.15) is 66.6 Å². The third-order valence-corrected chi connectivity index (χ3v) is 15.9. The van der Waals surface area contributed by atoms with Crippen LogP contribution in [0.1, 0.15) is 118 Å². The molecule has 90 heavy (non-hydrogen) atoms. The van der Waals surface area contributed by atoms with Crippen molar-refractivity contribution in [1.82, 2.24) is 58.5 Å². The Labute approximate surface area is 526 Å². The van der Waals surface area contributed by atoms with Gasteiger partial charge in [-0.25, -0.2) is 0 Å². The highest BCUT2D eigenvalue weighted by molar-refractivity contribution is 7.54. The SMILES string of the molecule is CCCCOP(=O)(CC(=O)N[C@@H](CCN)C(=O)N[C@H](C(=O)N[C@@H](CCN)C(=O)N[C@H]1CCNC(=O)[C@H]([C@H](C)O)NC(=O)[C@H](CCN)NC(=O)[C@H](CCN)NC(=O)[C@H](CC(C)C)NC(=O)[C@@H](Cc2ccccc2)NC(=O)[C@H](CCN)NC1=O)C(C)O)OCCCC. The van der Waals surface area contributed by atoms with E-state index in [4.69, 9.17) is 37.7 Å². The fraction of sp³-hybridized carbons (Fsp3) is 0.702. The van der Waals surface area contributed by atoms with Gasteiger partial charge in [0.15, 0.2) is 0 Å². The van der Waals surface area contributed by atoms with Gasteiger partial charge in [-0.05, 0) is 116 Å². The number of hydrogen-bond donors (Lipinski definition) is 18. The van der Waals surface area contributed by atoms with Gasteiger partial charge in [0.05, 0.1) is 25.4 Å². The number of aliphatic hydroxyl groups excluding tert-OH is 2. The Kier molecular flexibility index (Phi) is 37.3. The van der Waals surface area contributed by atoms with E-state index in [9.17, 15) is 67.5 Å². The number of rotatable bonds is 33. The fourth-order valence-corrected chi connectivity index (χ4v) is 10.6. The van der Waals surface area contributed by atoms with Crippen LogP contribution in [0, 0.1) is 5.92 Å². The van der Waals surface area contributed by atoms with Crippen LogP contribution in [-0.2, 0) is 72.8 Å². The molecule has 33 heteroatoms. The van der Waals surface area contributed by atoms with Crippen LogP contribution in [0.2, 0.25) is 0 Å². The zero-order valence-electron chi connectivity index (χ0n) is 52.7. The van der Waals surface area contributed by atoms with Gasteiger partial charge < -0.3 is 106 Å². The average molecular weight is 1300 g/mol. The molecule has 1 fully saturated rings. The lowest BCUT2D eigenvalue weighted by Gasteiger charge is -2.29. The third-order valence-electron chi connectivity index (χ3n) is 14.1. The van der Waals surface area contributed by atoms with E-state index in [0.29, 0.717) is 31.2 Å². The third kappa shape index (κ3) is 28.6. The van der Waals surface area contributed by atoms with Crippen molar-refractivity contribution >= 4 is 72.6 Å². The predicted octanol–water partition coefficient (Wildman–Crippen LogP) is -5.02. The molecule has 0 radical (unpaired) electrons. The molecule has 1 aliphatic rings. The number of nitrogens with two attached hydrogens (primary N) is 5. The lowest BCUT2D eigenvalue weighted by atomic mass is 10.00. The smallest absolute Gasteiger partial charge is 0.340 e. The molecule has 1 unspecified atom stereocenters. The van der Waals surface area contributed by atoms with E-state index in [1.807, 2.05) is 13.8 Å². The number of aliphatic hydroxyl groups is 2. The largest absolute Gasteiger partial charge is 0.391 e. The van der Waals surface area contributed by atoms with Crippen molar-refractivity contribution in [1.29, 1.82) is 0 Å². The lowest BCUT2D eigenvalue weighted by molar-refractivity contribution is -0.137. The summed E-state index contributed by atoms with van der Waals surface area (Å²) in [6.07, 6.45) is -3.24. The summed E-state index contributed by atoms with van der Waals surface area (Å²) in [6.45, 7) is 8.33. The van der Waals surface area contributed by atoms with Crippen LogP contribution in [0.25, 0.3) is 0 Å². The molecule has 0 aliphatic carbocycles. The molecular weight excluding hydrogens is 1200 g/mol. The van der Waals surface area contributed by atoms with Crippen LogP contribution in [0.5, 0.6) is 0 Å². The van der Waals surface area contributed by atoms with Crippen molar-refractivity contribution in [2.24, 2.45) is 34.6 Å². The van der Waals surface area contributed by atoms with Gasteiger partial charge in [0.25, 0.3) is 0 Å². The van der Waals surface area contributed by atoms with E-state index in [-0.39, 0.29) is 96.8 Å². The highest BCUT2D eigenvalue weighted by Gasteiger charge is 2.38. The number of unbranched alkanes of at least 4 members (excludes halogenated alkanes) is 2. The van der Waals surface area contributed by atoms with Gasteiger partial charge in [0.2, 0.25) is 65.0 Å². The summed E-state index contributed by atoms with van der Waals surface area (Å²) in [5.41, 5.74) is 30.0. The van der Waals surface area contributed by atoms with E-state index < -0.39 is 164 Å². The second-order valence-corrected chi connectivity index (χ2v) is 24.5. The quantitative estimate of drug-likeness (QED) is 0.0231. The average Bonchev–Trinajstić information content (AvgIpc) is 2.32. The van der Waals surface area contributed by atoms with Gasteiger partial charge in [-0.3, -0.25) is 57.3 Å². The van der Waals surface area contributed by atoms with Crippen LogP contribution in [-0.4, -0.2) is 206 Å². The van der Waals surface area contributed by atoms with E-state index in [2.05, 4.69) is 58.5 Å². The van der Waals surface area contributed by atoms with Gasteiger partial charge >= 0.3 is 7.60 Å². The molecule has 510 valence electrons. The summed E-state index contributed by atoms with van der Waals surface area (Å²) >= 11 is 0. The van der Waals surface area contributed by atoms with Gasteiger partial charge in [-0.2, -0.15) is 0 Å². The number of nitrogens with one attached hydrogen (secondary N) is 11. The molecule has 0 bridgehead atoms. The number of carbonyl (C=O) groups is 11. The molecule has 2 rings (SSSR count). The number of benzene rings is 1. The Morgan fingerprint density at radius 1 is 0.589 bits per heavy atom. The zero-order valence-corrected chi connectivity index (χ0v) is 53.6. The van der Waals surface area contributed by atoms with E-state index in [0.717, 1.165) is 6.92 Å². The second-order valence-electron chi connectivity index (χ2n) is 22.4. The lowest BCUT2D eigenvalue weighted by Crippen LogP contribution is -2.62. The van der Waals surface area contributed by atoms with Crippen molar-refractivity contribution in [3.05, 3.63) is 35.9 Å². The summed E-state index contributed by atoms with van der Waals surface area (Å²) in [5.74, 6) is -10.9. The summed E-state index contributed by atoms with van der Waals surface area (Å²) < 4.78 is 24.6. The Balaban J connectivity index is 2.68. The molecule has 1 aromatic carbocycles.